The summed E-state index contributed by atoms with van der Waals surface area (Å²) in [6.45, 7) is 7.14. The van der Waals surface area contributed by atoms with Gasteiger partial charge in [0.25, 0.3) is 0 Å². The average molecular weight is 367 g/mol. The molecule has 1 aromatic carbocycles. The van der Waals surface area contributed by atoms with Crippen molar-refractivity contribution >= 4 is 11.7 Å². The number of nitrogens with one attached hydrogen (secondary N) is 4. The molecular formula is C20H25N5O2. The molecular weight excluding hydrogens is 342 g/mol. The summed E-state index contributed by atoms with van der Waals surface area (Å²) in [7, 11) is 0. The van der Waals surface area contributed by atoms with E-state index in [9.17, 15) is 4.79 Å². The van der Waals surface area contributed by atoms with Crippen LogP contribution in [0.15, 0.2) is 47.0 Å². The number of rotatable bonds is 7. The maximum absolute atomic E-state index is 11.7. The van der Waals surface area contributed by atoms with Gasteiger partial charge in [-0.25, -0.2) is 4.79 Å². The van der Waals surface area contributed by atoms with Crippen molar-refractivity contribution in [2.45, 2.75) is 39.9 Å². The minimum Gasteiger partial charge on any atom is -0.460 e. The molecule has 7 nitrogen and oxygen atoms in total. The lowest BCUT2D eigenvalue weighted by Crippen LogP contribution is -2.34. The first-order valence-corrected chi connectivity index (χ1v) is 8.97. The number of carbonyl (C=O) groups excluding carboxylic acids is 1. The normalized spacial score (nSPS) is 11.0. The second-order valence-corrected chi connectivity index (χ2v) is 6.73. The molecule has 0 radical (unpaired) electrons. The van der Waals surface area contributed by atoms with Crippen molar-refractivity contribution < 1.29 is 9.21 Å². The summed E-state index contributed by atoms with van der Waals surface area (Å²) in [6.07, 6.45) is 1.81. The largest absolute Gasteiger partial charge is 0.460 e. The van der Waals surface area contributed by atoms with Gasteiger partial charge in [0.05, 0.1) is 6.20 Å². The number of carbonyl (C=O) groups is 1. The molecule has 0 fully saturated rings. The summed E-state index contributed by atoms with van der Waals surface area (Å²) >= 11 is 0. The fraction of sp³-hybridized carbons (Fsp3) is 0.300. The maximum atomic E-state index is 11.7. The number of amides is 2. The first kappa shape index (κ1) is 18.7. The van der Waals surface area contributed by atoms with Crippen LogP contribution in [-0.2, 0) is 13.1 Å². The zero-order chi connectivity index (χ0) is 19.2. The van der Waals surface area contributed by atoms with Crippen molar-refractivity contribution in [2.24, 2.45) is 0 Å². The van der Waals surface area contributed by atoms with Crippen LogP contribution in [-0.4, -0.2) is 22.3 Å². The predicted molar refractivity (Wildman–Crippen MR) is 105 cm³/mol. The highest BCUT2D eigenvalue weighted by molar-refractivity contribution is 5.89. The van der Waals surface area contributed by atoms with E-state index >= 15 is 0 Å². The van der Waals surface area contributed by atoms with E-state index in [1.807, 2.05) is 57.2 Å². The third kappa shape index (κ3) is 5.21. The number of aromatic amines is 1. The minimum absolute atomic E-state index is 0.103. The molecule has 27 heavy (non-hydrogen) atoms. The van der Waals surface area contributed by atoms with Gasteiger partial charge < -0.3 is 20.4 Å². The van der Waals surface area contributed by atoms with Crippen molar-refractivity contribution in [3.05, 3.63) is 59.5 Å². The Morgan fingerprint density at radius 3 is 2.59 bits per heavy atom. The van der Waals surface area contributed by atoms with Crippen LogP contribution in [0.4, 0.5) is 10.5 Å². The molecule has 3 rings (SSSR count). The first-order valence-electron chi connectivity index (χ1n) is 8.97. The van der Waals surface area contributed by atoms with Crippen molar-refractivity contribution in [3.63, 3.8) is 0 Å². The van der Waals surface area contributed by atoms with Crippen molar-refractivity contribution in [1.82, 2.24) is 20.8 Å². The Balaban J connectivity index is 1.51. The molecule has 0 aliphatic carbocycles. The van der Waals surface area contributed by atoms with Crippen LogP contribution in [0, 0.1) is 6.92 Å². The minimum atomic E-state index is -0.198. The van der Waals surface area contributed by atoms with E-state index in [0.717, 1.165) is 34.0 Å². The monoisotopic (exact) mass is 367 g/mol. The Labute approximate surface area is 158 Å². The molecule has 4 N–H and O–H groups in total. The van der Waals surface area contributed by atoms with Crippen LogP contribution < -0.4 is 16.0 Å². The molecule has 0 saturated carbocycles. The molecule has 0 bridgehead atoms. The van der Waals surface area contributed by atoms with E-state index in [4.69, 9.17) is 4.42 Å². The van der Waals surface area contributed by atoms with Gasteiger partial charge in [-0.1, -0.05) is 12.1 Å². The van der Waals surface area contributed by atoms with Gasteiger partial charge in [0.1, 0.15) is 11.5 Å². The number of hydrogen-bond acceptors (Lipinski definition) is 4. The quantitative estimate of drug-likeness (QED) is 0.511. The van der Waals surface area contributed by atoms with Crippen LogP contribution >= 0.6 is 0 Å². The van der Waals surface area contributed by atoms with Crippen LogP contribution in [0.1, 0.15) is 30.7 Å². The van der Waals surface area contributed by atoms with E-state index in [0.29, 0.717) is 13.1 Å². The SMILES string of the molecule is Cc1ccc(-c2[nH]ncc2CNCc2ccc(NC(=O)NC(C)C)cc2)o1. The lowest BCUT2D eigenvalue weighted by molar-refractivity contribution is 0.250. The van der Waals surface area contributed by atoms with Crippen LogP contribution in [0.2, 0.25) is 0 Å². The summed E-state index contributed by atoms with van der Waals surface area (Å²) in [5.74, 6) is 1.66. The Bertz CT molecular complexity index is 880. The van der Waals surface area contributed by atoms with E-state index in [-0.39, 0.29) is 12.1 Å². The first-order chi connectivity index (χ1) is 13.0. The molecule has 7 heteroatoms. The number of anilines is 1. The smallest absolute Gasteiger partial charge is 0.319 e. The molecule has 0 atom stereocenters. The van der Waals surface area contributed by atoms with E-state index < -0.39 is 0 Å². The highest BCUT2D eigenvalue weighted by atomic mass is 16.3. The maximum Gasteiger partial charge on any atom is 0.319 e. The fourth-order valence-corrected chi connectivity index (χ4v) is 2.70. The summed E-state index contributed by atoms with van der Waals surface area (Å²) in [6, 6.07) is 11.5. The Hall–Kier alpha value is -3.06. The third-order valence-corrected chi connectivity index (χ3v) is 3.98. The molecule has 0 unspecified atom stereocenters. The van der Waals surface area contributed by atoms with E-state index in [1.165, 1.54) is 0 Å². The highest BCUT2D eigenvalue weighted by Gasteiger charge is 2.10. The van der Waals surface area contributed by atoms with Crippen LogP contribution in [0.25, 0.3) is 11.5 Å². The number of aryl methyl sites for hydroxylation is 1. The molecule has 0 aliphatic heterocycles. The number of urea groups is 1. The second kappa shape index (κ2) is 8.55. The van der Waals surface area contributed by atoms with Gasteiger partial charge in [-0.05, 0) is 50.6 Å². The van der Waals surface area contributed by atoms with Gasteiger partial charge in [0, 0.05) is 30.4 Å². The fourth-order valence-electron chi connectivity index (χ4n) is 2.70. The van der Waals surface area contributed by atoms with Crippen LogP contribution in [0.5, 0.6) is 0 Å². The number of nitrogens with zero attached hydrogens (tertiary/aromatic N) is 1. The summed E-state index contributed by atoms with van der Waals surface area (Å²) in [5, 5.41) is 16.1. The van der Waals surface area contributed by atoms with Gasteiger partial charge >= 0.3 is 6.03 Å². The molecule has 2 heterocycles. The lowest BCUT2D eigenvalue weighted by Gasteiger charge is -2.11. The van der Waals surface area contributed by atoms with Gasteiger partial charge in [0.15, 0.2) is 5.76 Å². The molecule has 3 aromatic rings. The molecule has 0 aliphatic rings. The molecule has 0 spiro atoms. The highest BCUT2D eigenvalue weighted by Crippen LogP contribution is 2.23. The Morgan fingerprint density at radius 2 is 1.93 bits per heavy atom. The Kier molecular flexibility index (Phi) is 5.93. The number of hydrogen-bond donors (Lipinski definition) is 4. The molecule has 2 aromatic heterocycles. The number of furan rings is 1. The van der Waals surface area contributed by atoms with Gasteiger partial charge in [-0.15, -0.1) is 0 Å². The zero-order valence-electron chi connectivity index (χ0n) is 15.8. The number of aromatic nitrogens is 2. The average Bonchev–Trinajstić information content (AvgIpc) is 3.24. The van der Waals surface area contributed by atoms with Crippen molar-refractivity contribution in [3.8, 4) is 11.5 Å². The van der Waals surface area contributed by atoms with Gasteiger partial charge in [-0.3, -0.25) is 5.10 Å². The summed E-state index contributed by atoms with van der Waals surface area (Å²) in [4.78, 5) is 11.7. The molecule has 2 amide bonds. The summed E-state index contributed by atoms with van der Waals surface area (Å²) in [5.41, 5.74) is 3.84. The standard InChI is InChI=1S/C20H25N5O2/c1-13(2)23-20(26)24-17-7-5-15(6-8-17)10-21-11-16-12-22-25-19(16)18-9-4-14(3)27-18/h4-9,12-13,21H,10-11H2,1-3H3,(H,22,25)(H2,23,24,26). The van der Waals surface area contributed by atoms with E-state index in [1.54, 1.807) is 6.20 Å². The Morgan fingerprint density at radius 1 is 1.15 bits per heavy atom. The van der Waals surface area contributed by atoms with E-state index in [2.05, 4.69) is 26.1 Å². The van der Waals surface area contributed by atoms with Crippen molar-refractivity contribution in [2.75, 3.05) is 5.32 Å². The van der Waals surface area contributed by atoms with Crippen molar-refractivity contribution in [1.29, 1.82) is 0 Å². The predicted octanol–water partition coefficient (Wildman–Crippen LogP) is 3.80. The van der Waals surface area contributed by atoms with Gasteiger partial charge in [-0.2, -0.15) is 5.10 Å². The number of H-pyrrole nitrogens is 1. The second-order valence-electron chi connectivity index (χ2n) is 6.73. The molecule has 0 saturated heterocycles. The third-order valence-electron chi connectivity index (χ3n) is 3.98. The lowest BCUT2D eigenvalue weighted by atomic mass is 10.2. The zero-order valence-corrected chi connectivity index (χ0v) is 15.8. The number of benzene rings is 1. The van der Waals surface area contributed by atoms with Gasteiger partial charge in [0.2, 0.25) is 0 Å². The van der Waals surface area contributed by atoms with Crippen LogP contribution in [0.3, 0.4) is 0 Å². The molecule has 142 valence electrons. The topological polar surface area (TPSA) is 95.0 Å². The summed E-state index contributed by atoms with van der Waals surface area (Å²) < 4.78 is 5.66.